The summed E-state index contributed by atoms with van der Waals surface area (Å²) in [5, 5.41) is 14.7. The molecule has 0 aliphatic heterocycles. The summed E-state index contributed by atoms with van der Waals surface area (Å²) in [6.07, 6.45) is 1.40. The Morgan fingerprint density at radius 3 is 2.59 bits per heavy atom. The topological polar surface area (TPSA) is 86.7 Å². The number of aromatic hydroxyl groups is 1. The molecule has 4 aromatic rings. The number of para-hydroxylation sites is 1. The van der Waals surface area contributed by atoms with Crippen molar-refractivity contribution in [2.24, 2.45) is 5.10 Å². The molecule has 144 valence electrons. The summed E-state index contributed by atoms with van der Waals surface area (Å²) in [4.78, 5) is 16.1. The van der Waals surface area contributed by atoms with E-state index in [0.717, 1.165) is 22.0 Å². The van der Waals surface area contributed by atoms with E-state index in [1.54, 1.807) is 31.4 Å². The van der Waals surface area contributed by atoms with Gasteiger partial charge in [-0.25, -0.2) is 5.43 Å². The highest BCUT2D eigenvalue weighted by Gasteiger charge is 2.19. The molecular formula is C23H19N3O3. The Balaban J connectivity index is 1.72. The van der Waals surface area contributed by atoms with Crippen LogP contribution in [0.15, 0.2) is 77.9 Å². The van der Waals surface area contributed by atoms with Gasteiger partial charge in [-0.15, -0.1) is 0 Å². The van der Waals surface area contributed by atoms with E-state index in [-0.39, 0.29) is 11.7 Å². The van der Waals surface area contributed by atoms with Gasteiger partial charge in [-0.05, 0) is 35.9 Å². The predicted molar refractivity (Wildman–Crippen MR) is 113 cm³/mol. The molecule has 0 spiro atoms. The first-order valence-corrected chi connectivity index (χ1v) is 9.04. The molecule has 6 nitrogen and oxygen atoms in total. The highest BCUT2D eigenvalue weighted by Crippen LogP contribution is 2.34. The standard InChI is InChI=1S/C23H19N3O3/c1-29-17-11-12-19-18(13-17)21(15-7-3-2-4-8-15)22(25-19)23(28)26-24-14-16-9-5-6-10-20(16)27/h2-14,25,27H,1H3,(H,26,28)/b24-14+. The number of aromatic nitrogens is 1. The summed E-state index contributed by atoms with van der Waals surface area (Å²) in [5.41, 5.74) is 5.94. The van der Waals surface area contributed by atoms with E-state index in [2.05, 4.69) is 15.5 Å². The van der Waals surface area contributed by atoms with Crippen molar-refractivity contribution in [2.45, 2.75) is 0 Å². The lowest BCUT2D eigenvalue weighted by Gasteiger charge is -2.05. The largest absolute Gasteiger partial charge is 0.507 e. The third-order valence-electron chi connectivity index (χ3n) is 4.60. The summed E-state index contributed by atoms with van der Waals surface area (Å²) < 4.78 is 5.35. The van der Waals surface area contributed by atoms with Gasteiger partial charge in [0.05, 0.1) is 13.3 Å². The van der Waals surface area contributed by atoms with E-state index < -0.39 is 0 Å². The Labute approximate surface area is 167 Å². The van der Waals surface area contributed by atoms with Crippen LogP contribution in [0.25, 0.3) is 22.0 Å². The summed E-state index contributed by atoms with van der Waals surface area (Å²) in [6.45, 7) is 0. The number of benzene rings is 3. The van der Waals surface area contributed by atoms with Gasteiger partial charge in [0, 0.05) is 22.0 Å². The van der Waals surface area contributed by atoms with Crippen molar-refractivity contribution in [3.05, 3.63) is 84.1 Å². The maximum Gasteiger partial charge on any atom is 0.288 e. The van der Waals surface area contributed by atoms with Gasteiger partial charge >= 0.3 is 0 Å². The lowest BCUT2D eigenvalue weighted by atomic mass is 10.0. The number of nitrogens with one attached hydrogen (secondary N) is 2. The van der Waals surface area contributed by atoms with Crippen LogP contribution in [0.4, 0.5) is 0 Å². The van der Waals surface area contributed by atoms with Crippen LogP contribution in [0.2, 0.25) is 0 Å². The molecule has 1 heterocycles. The monoisotopic (exact) mass is 385 g/mol. The average molecular weight is 385 g/mol. The van der Waals surface area contributed by atoms with E-state index in [0.29, 0.717) is 17.0 Å². The van der Waals surface area contributed by atoms with E-state index in [9.17, 15) is 9.90 Å². The summed E-state index contributed by atoms with van der Waals surface area (Å²) in [6, 6.07) is 22.0. The molecule has 0 radical (unpaired) electrons. The number of H-pyrrole nitrogens is 1. The first-order valence-electron chi connectivity index (χ1n) is 9.04. The number of ether oxygens (including phenoxy) is 1. The summed E-state index contributed by atoms with van der Waals surface area (Å²) in [5.74, 6) is 0.414. The maximum absolute atomic E-state index is 12.9. The van der Waals surface area contributed by atoms with E-state index in [1.165, 1.54) is 6.21 Å². The fraction of sp³-hybridized carbons (Fsp3) is 0.0435. The van der Waals surface area contributed by atoms with Crippen LogP contribution in [0.1, 0.15) is 16.1 Å². The zero-order chi connectivity index (χ0) is 20.2. The molecule has 0 unspecified atom stereocenters. The Morgan fingerprint density at radius 2 is 1.83 bits per heavy atom. The van der Waals surface area contributed by atoms with Gasteiger partial charge in [-0.1, -0.05) is 42.5 Å². The smallest absolute Gasteiger partial charge is 0.288 e. The number of hydrogen-bond donors (Lipinski definition) is 3. The van der Waals surface area contributed by atoms with Gasteiger partial charge < -0.3 is 14.8 Å². The molecule has 4 rings (SSSR count). The maximum atomic E-state index is 12.9. The van der Waals surface area contributed by atoms with Crippen molar-refractivity contribution in [3.63, 3.8) is 0 Å². The van der Waals surface area contributed by atoms with Crippen LogP contribution in [-0.4, -0.2) is 29.3 Å². The number of amides is 1. The van der Waals surface area contributed by atoms with Gasteiger partial charge in [0.25, 0.3) is 5.91 Å². The van der Waals surface area contributed by atoms with Crippen molar-refractivity contribution in [2.75, 3.05) is 7.11 Å². The molecule has 0 aliphatic carbocycles. The van der Waals surface area contributed by atoms with Gasteiger partial charge in [-0.3, -0.25) is 4.79 Å². The average Bonchev–Trinajstić information content (AvgIpc) is 3.14. The molecule has 3 N–H and O–H groups in total. The molecule has 1 amide bonds. The molecule has 0 fully saturated rings. The number of carbonyl (C=O) groups excluding carboxylic acids is 1. The van der Waals surface area contributed by atoms with Crippen molar-refractivity contribution in [3.8, 4) is 22.6 Å². The Kier molecular flexibility index (Phi) is 4.99. The van der Waals surface area contributed by atoms with Crippen LogP contribution in [0.5, 0.6) is 11.5 Å². The normalized spacial score (nSPS) is 11.1. The van der Waals surface area contributed by atoms with Crippen LogP contribution in [0.3, 0.4) is 0 Å². The number of phenols is 1. The molecule has 0 aliphatic rings. The molecule has 6 heteroatoms. The molecule has 1 aromatic heterocycles. The van der Waals surface area contributed by atoms with E-state index >= 15 is 0 Å². The second kappa shape index (κ2) is 7.90. The number of aromatic amines is 1. The van der Waals surface area contributed by atoms with Crippen molar-refractivity contribution >= 4 is 23.0 Å². The van der Waals surface area contributed by atoms with Crippen molar-refractivity contribution in [1.29, 1.82) is 0 Å². The molecule has 0 saturated heterocycles. The van der Waals surface area contributed by atoms with Gasteiger partial charge in [0.15, 0.2) is 0 Å². The minimum absolute atomic E-state index is 0.0909. The Morgan fingerprint density at radius 1 is 1.07 bits per heavy atom. The SMILES string of the molecule is COc1ccc2[nH]c(C(=O)N/N=C/c3ccccc3O)c(-c3ccccc3)c2c1. The molecule has 0 saturated carbocycles. The highest BCUT2D eigenvalue weighted by atomic mass is 16.5. The Hall–Kier alpha value is -4.06. The summed E-state index contributed by atoms with van der Waals surface area (Å²) >= 11 is 0. The zero-order valence-electron chi connectivity index (χ0n) is 15.7. The number of fused-ring (bicyclic) bond motifs is 1. The van der Waals surface area contributed by atoms with Crippen LogP contribution in [0, 0.1) is 0 Å². The lowest BCUT2D eigenvalue weighted by molar-refractivity contribution is 0.0951. The van der Waals surface area contributed by atoms with Gasteiger partial charge in [0.1, 0.15) is 17.2 Å². The molecule has 0 atom stereocenters. The zero-order valence-corrected chi connectivity index (χ0v) is 15.7. The van der Waals surface area contributed by atoms with Crippen molar-refractivity contribution in [1.82, 2.24) is 10.4 Å². The molecule has 3 aromatic carbocycles. The lowest BCUT2D eigenvalue weighted by Crippen LogP contribution is -2.18. The summed E-state index contributed by atoms with van der Waals surface area (Å²) in [7, 11) is 1.61. The van der Waals surface area contributed by atoms with Crippen LogP contribution in [-0.2, 0) is 0 Å². The van der Waals surface area contributed by atoms with E-state index in [4.69, 9.17) is 4.74 Å². The molecule has 29 heavy (non-hydrogen) atoms. The number of phenolic OH excluding ortho intramolecular Hbond substituents is 1. The first kappa shape index (κ1) is 18.3. The highest BCUT2D eigenvalue weighted by molar-refractivity contribution is 6.10. The third-order valence-corrected chi connectivity index (χ3v) is 4.60. The van der Waals surface area contributed by atoms with Crippen molar-refractivity contribution < 1.29 is 14.6 Å². The van der Waals surface area contributed by atoms with Gasteiger partial charge in [-0.2, -0.15) is 5.10 Å². The second-order valence-electron chi connectivity index (χ2n) is 6.41. The number of carbonyl (C=O) groups is 1. The third kappa shape index (κ3) is 3.68. The quantitative estimate of drug-likeness (QED) is 0.353. The predicted octanol–water partition coefficient (Wildman–Crippen LogP) is 4.31. The number of nitrogens with zero attached hydrogens (tertiary/aromatic N) is 1. The molecule has 0 bridgehead atoms. The number of hydrogen-bond acceptors (Lipinski definition) is 4. The second-order valence-corrected chi connectivity index (χ2v) is 6.41. The number of rotatable bonds is 5. The fourth-order valence-corrected chi connectivity index (χ4v) is 3.19. The van der Waals surface area contributed by atoms with Gasteiger partial charge in [0.2, 0.25) is 0 Å². The molecular weight excluding hydrogens is 366 g/mol. The minimum atomic E-state index is -0.384. The van der Waals surface area contributed by atoms with E-state index in [1.807, 2.05) is 48.5 Å². The Bertz CT molecular complexity index is 1200. The van der Waals surface area contributed by atoms with Crippen LogP contribution < -0.4 is 10.2 Å². The fourth-order valence-electron chi connectivity index (χ4n) is 3.19. The van der Waals surface area contributed by atoms with Crippen LogP contribution >= 0.6 is 0 Å². The number of methoxy groups -OCH3 is 1. The first-order chi connectivity index (χ1) is 14.2. The number of hydrazone groups is 1. The minimum Gasteiger partial charge on any atom is -0.507 e.